The molecule has 0 aliphatic carbocycles. The Hall–Kier alpha value is -3.38. The molecule has 160 valence electrons. The van der Waals surface area contributed by atoms with Crippen molar-refractivity contribution in [1.29, 1.82) is 0 Å². The standard InChI is InChI=1S/C25H28N4O2/c1-17(20-10-5-7-18(13-20)14-23(30)31)15-28-24(19-8-3-2-4-9-19)22-16-27-21-11-6-12-26-25(21)29-22/h2-13,17,22,24,27-28H,14-16H2,1H3,(H,26,29)(H,30,31)/t17-,22+,24+/m1/s1. The van der Waals surface area contributed by atoms with E-state index in [1.807, 2.05) is 36.4 Å². The summed E-state index contributed by atoms with van der Waals surface area (Å²) in [4.78, 5) is 15.5. The molecule has 0 saturated heterocycles. The molecule has 6 nitrogen and oxygen atoms in total. The summed E-state index contributed by atoms with van der Waals surface area (Å²) in [6, 6.07) is 22.5. The average Bonchev–Trinajstić information content (AvgIpc) is 2.79. The Morgan fingerprint density at radius 3 is 2.74 bits per heavy atom. The summed E-state index contributed by atoms with van der Waals surface area (Å²) < 4.78 is 0. The van der Waals surface area contributed by atoms with Crippen LogP contribution in [0.4, 0.5) is 11.5 Å². The molecule has 0 amide bonds. The number of nitrogens with zero attached hydrogens (tertiary/aromatic N) is 1. The number of benzene rings is 2. The van der Waals surface area contributed by atoms with E-state index >= 15 is 0 Å². The van der Waals surface area contributed by atoms with E-state index in [0.717, 1.165) is 35.7 Å². The Labute approximate surface area is 182 Å². The zero-order valence-electron chi connectivity index (χ0n) is 17.6. The van der Waals surface area contributed by atoms with Gasteiger partial charge in [-0.2, -0.15) is 0 Å². The lowest BCUT2D eigenvalue weighted by atomic mass is 9.94. The maximum absolute atomic E-state index is 11.1. The Kier molecular flexibility index (Phi) is 6.48. The van der Waals surface area contributed by atoms with Gasteiger partial charge < -0.3 is 21.1 Å². The molecular formula is C25H28N4O2. The Morgan fingerprint density at radius 1 is 1.13 bits per heavy atom. The van der Waals surface area contributed by atoms with Gasteiger partial charge in [0, 0.05) is 19.3 Å². The van der Waals surface area contributed by atoms with Crippen LogP contribution in [-0.2, 0) is 11.2 Å². The van der Waals surface area contributed by atoms with Crippen molar-refractivity contribution in [2.45, 2.75) is 31.3 Å². The first-order valence-corrected chi connectivity index (χ1v) is 10.6. The van der Waals surface area contributed by atoms with E-state index in [2.05, 4.69) is 58.2 Å². The number of nitrogens with one attached hydrogen (secondary N) is 3. The highest BCUT2D eigenvalue weighted by atomic mass is 16.4. The third-order valence-electron chi connectivity index (χ3n) is 5.72. The monoisotopic (exact) mass is 416 g/mol. The van der Waals surface area contributed by atoms with Crippen LogP contribution >= 0.6 is 0 Å². The van der Waals surface area contributed by atoms with E-state index in [1.165, 1.54) is 5.56 Å². The number of hydrogen-bond donors (Lipinski definition) is 4. The fraction of sp³-hybridized carbons (Fsp3) is 0.280. The van der Waals surface area contributed by atoms with Crippen LogP contribution in [0.5, 0.6) is 0 Å². The van der Waals surface area contributed by atoms with Crippen LogP contribution < -0.4 is 16.0 Å². The highest BCUT2D eigenvalue weighted by molar-refractivity contribution is 5.70. The van der Waals surface area contributed by atoms with Gasteiger partial charge in [0.15, 0.2) is 0 Å². The molecule has 3 aromatic rings. The molecular weight excluding hydrogens is 388 g/mol. The van der Waals surface area contributed by atoms with Crippen molar-refractivity contribution in [2.75, 3.05) is 23.7 Å². The van der Waals surface area contributed by atoms with E-state index in [4.69, 9.17) is 5.11 Å². The van der Waals surface area contributed by atoms with Gasteiger partial charge in [-0.1, -0.05) is 61.5 Å². The van der Waals surface area contributed by atoms with Gasteiger partial charge in [-0.15, -0.1) is 0 Å². The molecule has 4 rings (SSSR count). The number of aromatic nitrogens is 1. The number of carboxylic acids is 1. The second-order valence-electron chi connectivity index (χ2n) is 8.04. The quantitative estimate of drug-likeness (QED) is 0.443. The molecule has 0 fully saturated rings. The molecule has 1 aromatic heterocycles. The molecule has 0 radical (unpaired) electrons. The fourth-order valence-corrected chi connectivity index (χ4v) is 4.07. The van der Waals surface area contributed by atoms with E-state index in [-0.39, 0.29) is 24.4 Å². The van der Waals surface area contributed by atoms with Gasteiger partial charge >= 0.3 is 5.97 Å². The zero-order chi connectivity index (χ0) is 21.6. The van der Waals surface area contributed by atoms with Crippen LogP contribution in [0.1, 0.15) is 35.6 Å². The molecule has 2 heterocycles. The van der Waals surface area contributed by atoms with Crippen molar-refractivity contribution < 1.29 is 9.90 Å². The molecule has 2 aromatic carbocycles. The van der Waals surface area contributed by atoms with E-state index in [9.17, 15) is 4.79 Å². The second kappa shape index (κ2) is 9.62. The SMILES string of the molecule is C[C@H](CN[C@@H](c1ccccc1)[C@@H]1CNc2cccnc2N1)c1cccc(CC(=O)O)c1. The van der Waals surface area contributed by atoms with Crippen molar-refractivity contribution in [2.24, 2.45) is 0 Å². The Bertz CT molecular complexity index is 1020. The Balaban J connectivity index is 1.49. The molecule has 0 unspecified atom stereocenters. The fourth-order valence-electron chi connectivity index (χ4n) is 4.07. The average molecular weight is 417 g/mol. The predicted octanol–water partition coefficient (Wildman–Crippen LogP) is 4.05. The van der Waals surface area contributed by atoms with Gasteiger partial charge in [-0.3, -0.25) is 4.79 Å². The second-order valence-corrected chi connectivity index (χ2v) is 8.04. The van der Waals surface area contributed by atoms with Gasteiger partial charge in [-0.25, -0.2) is 4.98 Å². The number of aliphatic carboxylic acids is 1. The van der Waals surface area contributed by atoms with Crippen LogP contribution in [0, 0.1) is 0 Å². The number of fused-ring (bicyclic) bond motifs is 1. The number of pyridine rings is 1. The first-order chi connectivity index (χ1) is 15.1. The van der Waals surface area contributed by atoms with Crippen LogP contribution in [0.15, 0.2) is 72.9 Å². The summed E-state index contributed by atoms with van der Waals surface area (Å²) in [6.07, 6.45) is 1.84. The predicted molar refractivity (Wildman–Crippen MR) is 124 cm³/mol. The first-order valence-electron chi connectivity index (χ1n) is 10.6. The van der Waals surface area contributed by atoms with E-state index in [1.54, 1.807) is 6.20 Å². The van der Waals surface area contributed by atoms with Gasteiger partial charge in [0.1, 0.15) is 5.82 Å². The summed E-state index contributed by atoms with van der Waals surface area (Å²) in [6.45, 7) is 3.72. The van der Waals surface area contributed by atoms with Crippen molar-refractivity contribution >= 4 is 17.5 Å². The summed E-state index contributed by atoms with van der Waals surface area (Å²) in [5, 5.41) is 19.9. The third-order valence-corrected chi connectivity index (χ3v) is 5.72. The van der Waals surface area contributed by atoms with Crippen LogP contribution in [-0.4, -0.2) is 35.2 Å². The van der Waals surface area contributed by atoms with Gasteiger partial charge in [-0.05, 0) is 34.7 Å². The van der Waals surface area contributed by atoms with Crippen molar-refractivity contribution in [3.63, 3.8) is 0 Å². The molecule has 6 heteroatoms. The molecule has 0 bridgehead atoms. The molecule has 0 spiro atoms. The van der Waals surface area contributed by atoms with E-state index < -0.39 is 5.97 Å². The highest BCUT2D eigenvalue weighted by Crippen LogP contribution is 2.29. The number of hydrogen-bond acceptors (Lipinski definition) is 5. The summed E-state index contributed by atoms with van der Waals surface area (Å²) in [7, 11) is 0. The largest absolute Gasteiger partial charge is 0.481 e. The maximum atomic E-state index is 11.1. The van der Waals surface area contributed by atoms with Crippen LogP contribution in [0.2, 0.25) is 0 Å². The number of carbonyl (C=O) groups is 1. The Morgan fingerprint density at radius 2 is 1.94 bits per heavy atom. The van der Waals surface area contributed by atoms with Crippen molar-refractivity contribution in [3.05, 3.63) is 89.6 Å². The molecule has 1 aliphatic rings. The van der Waals surface area contributed by atoms with Crippen molar-refractivity contribution in [3.8, 4) is 0 Å². The maximum Gasteiger partial charge on any atom is 0.307 e. The van der Waals surface area contributed by atoms with Crippen molar-refractivity contribution in [1.82, 2.24) is 10.3 Å². The van der Waals surface area contributed by atoms with Gasteiger partial charge in [0.25, 0.3) is 0 Å². The third kappa shape index (κ3) is 5.22. The number of anilines is 2. The summed E-state index contributed by atoms with van der Waals surface area (Å²) in [5.74, 6) is 0.301. The number of rotatable bonds is 8. The zero-order valence-corrected chi connectivity index (χ0v) is 17.6. The van der Waals surface area contributed by atoms with Crippen LogP contribution in [0.25, 0.3) is 0 Å². The molecule has 0 saturated carbocycles. The lowest BCUT2D eigenvalue weighted by Gasteiger charge is -2.35. The van der Waals surface area contributed by atoms with Crippen LogP contribution in [0.3, 0.4) is 0 Å². The summed E-state index contributed by atoms with van der Waals surface area (Å²) >= 11 is 0. The van der Waals surface area contributed by atoms with Gasteiger partial charge in [0.05, 0.1) is 24.2 Å². The minimum absolute atomic E-state index is 0.0463. The first kappa shape index (κ1) is 20.9. The minimum Gasteiger partial charge on any atom is -0.481 e. The molecule has 31 heavy (non-hydrogen) atoms. The molecule has 3 atom stereocenters. The lowest BCUT2D eigenvalue weighted by molar-refractivity contribution is -0.136. The van der Waals surface area contributed by atoms with Gasteiger partial charge in [0.2, 0.25) is 0 Å². The smallest absolute Gasteiger partial charge is 0.307 e. The normalized spacial score (nSPS) is 17.0. The molecule has 1 aliphatic heterocycles. The highest BCUT2D eigenvalue weighted by Gasteiger charge is 2.27. The molecule has 4 N–H and O–H groups in total. The number of carboxylic acid groups (broad SMARTS) is 1. The summed E-state index contributed by atoms with van der Waals surface area (Å²) in [5.41, 5.74) is 4.21. The topological polar surface area (TPSA) is 86.3 Å². The van der Waals surface area contributed by atoms with E-state index in [0.29, 0.717) is 0 Å². The minimum atomic E-state index is -0.808. The lowest BCUT2D eigenvalue weighted by Crippen LogP contribution is -2.45.